The monoisotopic (exact) mass is 873 g/mol. The van der Waals surface area contributed by atoms with Crippen LogP contribution >= 0.6 is 0 Å². The van der Waals surface area contributed by atoms with Crippen LogP contribution < -0.4 is 0 Å². The van der Waals surface area contributed by atoms with Crippen molar-refractivity contribution in [3.05, 3.63) is 24.3 Å². The minimum atomic E-state index is -0.771. The van der Waals surface area contributed by atoms with Crippen LogP contribution in [0.4, 0.5) is 0 Å². The van der Waals surface area contributed by atoms with Crippen molar-refractivity contribution in [1.82, 2.24) is 0 Å². The molecule has 0 radical (unpaired) electrons. The Morgan fingerprint density at radius 1 is 0.306 bits per heavy atom. The van der Waals surface area contributed by atoms with Crippen molar-refractivity contribution in [3.8, 4) is 0 Å². The van der Waals surface area contributed by atoms with E-state index >= 15 is 0 Å². The van der Waals surface area contributed by atoms with E-state index in [1.807, 2.05) is 0 Å². The summed E-state index contributed by atoms with van der Waals surface area (Å²) in [6.45, 7) is 6.64. The maximum atomic E-state index is 12.8. The fraction of sp³-hybridized carbons (Fsp3) is 0.875. The van der Waals surface area contributed by atoms with Crippen molar-refractivity contribution in [2.45, 2.75) is 303 Å². The first-order valence-corrected chi connectivity index (χ1v) is 27.3. The Kier molecular flexibility index (Phi) is 49.8. The number of hydrogen-bond donors (Lipinski definition) is 0. The second-order valence-electron chi connectivity index (χ2n) is 18.5. The fourth-order valence-corrected chi connectivity index (χ4v) is 8.02. The molecule has 0 saturated heterocycles. The zero-order valence-electron chi connectivity index (χ0n) is 41.7. The van der Waals surface area contributed by atoms with Crippen LogP contribution in [-0.4, -0.2) is 37.2 Å². The van der Waals surface area contributed by atoms with Crippen LogP contribution in [0.15, 0.2) is 24.3 Å². The third-order valence-corrected chi connectivity index (χ3v) is 12.2. The highest BCUT2D eigenvalue weighted by Crippen LogP contribution is 2.16. The molecule has 0 bridgehead atoms. The molecule has 0 saturated carbocycles. The number of hydrogen-bond acceptors (Lipinski definition) is 6. The molecule has 0 aromatic carbocycles. The Morgan fingerprint density at radius 2 is 0.532 bits per heavy atom. The first-order valence-electron chi connectivity index (χ1n) is 27.3. The van der Waals surface area contributed by atoms with Crippen molar-refractivity contribution < 1.29 is 28.6 Å². The van der Waals surface area contributed by atoms with Crippen LogP contribution in [0, 0.1) is 0 Å². The van der Waals surface area contributed by atoms with Crippen LogP contribution in [0.5, 0.6) is 0 Å². The summed E-state index contributed by atoms with van der Waals surface area (Å²) in [5.41, 5.74) is 0. The van der Waals surface area contributed by atoms with Gasteiger partial charge in [0.25, 0.3) is 0 Å². The smallest absolute Gasteiger partial charge is 0.306 e. The SMILES string of the molecule is CCCCCC/C=C\CCCCCCCC(=O)O[C@H](COC(=O)CCCCCCCCCCC/C=C\CCCCCCCC)COC(=O)CCCCCCCCCCCCCC. The summed E-state index contributed by atoms with van der Waals surface area (Å²) >= 11 is 0. The lowest BCUT2D eigenvalue weighted by Crippen LogP contribution is -2.30. The van der Waals surface area contributed by atoms with Crippen molar-refractivity contribution >= 4 is 17.9 Å². The Hall–Kier alpha value is -2.11. The van der Waals surface area contributed by atoms with Gasteiger partial charge in [-0.05, 0) is 70.6 Å². The largest absolute Gasteiger partial charge is 0.462 e. The summed E-state index contributed by atoms with van der Waals surface area (Å²) < 4.78 is 16.8. The maximum absolute atomic E-state index is 12.8. The first kappa shape index (κ1) is 59.9. The van der Waals surface area contributed by atoms with Gasteiger partial charge >= 0.3 is 17.9 Å². The zero-order valence-corrected chi connectivity index (χ0v) is 41.7. The highest BCUT2D eigenvalue weighted by Gasteiger charge is 2.19. The van der Waals surface area contributed by atoms with Gasteiger partial charge in [0, 0.05) is 19.3 Å². The molecule has 0 fully saturated rings. The lowest BCUT2D eigenvalue weighted by molar-refractivity contribution is -0.167. The van der Waals surface area contributed by atoms with Gasteiger partial charge in [-0.1, -0.05) is 231 Å². The van der Waals surface area contributed by atoms with Gasteiger partial charge in [0.05, 0.1) is 0 Å². The van der Waals surface area contributed by atoms with Crippen LogP contribution in [0.1, 0.15) is 297 Å². The van der Waals surface area contributed by atoms with Crippen molar-refractivity contribution in [2.24, 2.45) is 0 Å². The summed E-state index contributed by atoms with van der Waals surface area (Å²) in [5, 5.41) is 0. The third kappa shape index (κ3) is 48.9. The van der Waals surface area contributed by atoms with Gasteiger partial charge in [-0.25, -0.2) is 0 Å². The molecule has 0 aliphatic carbocycles. The lowest BCUT2D eigenvalue weighted by Gasteiger charge is -2.18. The summed E-state index contributed by atoms with van der Waals surface area (Å²) in [4.78, 5) is 38.0. The predicted molar refractivity (Wildman–Crippen MR) is 266 cm³/mol. The van der Waals surface area contributed by atoms with E-state index in [0.29, 0.717) is 19.3 Å². The van der Waals surface area contributed by atoms with Crippen molar-refractivity contribution in [3.63, 3.8) is 0 Å². The molecular formula is C56H104O6. The van der Waals surface area contributed by atoms with Gasteiger partial charge in [-0.15, -0.1) is 0 Å². The number of ether oxygens (including phenoxy) is 3. The number of esters is 3. The second kappa shape index (κ2) is 51.5. The van der Waals surface area contributed by atoms with Crippen molar-refractivity contribution in [1.29, 1.82) is 0 Å². The van der Waals surface area contributed by atoms with Gasteiger partial charge in [-0.2, -0.15) is 0 Å². The molecular weight excluding hydrogens is 769 g/mol. The molecule has 0 rings (SSSR count). The average Bonchev–Trinajstić information content (AvgIpc) is 3.27. The Balaban J connectivity index is 4.30. The number of carbonyl (C=O) groups is 3. The van der Waals surface area contributed by atoms with Crippen LogP contribution in [-0.2, 0) is 28.6 Å². The number of unbranched alkanes of at least 4 members (excludes halogenated alkanes) is 35. The summed E-state index contributed by atoms with van der Waals surface area (Å²) in [6, 6.07) is 0. The van der Waals surface area contributed by atoms with Crippen molar-refractivity contribution in [2.75, 3.05) is 13.2 Å². The number of carbonyl (C=O) groups excluding carboxylic acids is 3. The highest BCUT2D eigenvalue weighted by molar-refractivity contribution is 5.71. The standard InChI is InChI=1S/C56H104O6/c1-4-7-10-13-16-19-22-25-26-27-28-29-30-32-34-37-40-43-46-49-55(58)61-52-53(51-60-54(57)48-45-42-39-36-33-24-21-18-15-12-9-6-3)62-56(59)50-47-44-41-38-35-31-23-20-17-14-11-8-5-2/h20,23,25-26,53H,4-19,21-22,24,27-52H2,1-3H3/b23-20-,26-25-/t53-/m0/s1. The predicted octanol–water partition coefficient (Wildman–Crippen LogP) is 17.9. The Morgan fingerprint density at radius 3 is 0.823 bits per heavy atom. The van der Waals surface area contributed by atoms with Gasteiger partial charge < -0.3 is 14.2 Å². The second-order valence-corrected chi connectivity index (χ2v) is 18.5. The number of allylic oxidation sites excluding steroid dienone is 4. The highest BCUT2D eigenvalue weighted by atomic mass is 16.6. The molecule has 1 atom stereocenters. The third-order valence-electron chi connectivity index (χ3n) is 12.2. The molecule has 6 heteroatoms. The maximum Gasteiger partial charge on any atom is 0.306 e. The molecule has 0 aromatic heterocycles. The molecule has 0 aliphatic rings. The van der Waals surface area contributed by atoms with E-state index in [1.165, 1.54) is 193 Å². The van der Waals surface area contributed by atoms with E-state index in [2.05, 4.69) is 45.1 Å². The Bertz CT molecular complexity index is 1000. The fourth-order valence-electron chi connectivity index (χ4n) is 8.02. The molecule has 0 N–H and O–H groups in total. The molecule has 364 valence electrons. The topological polar surface area (TPSA) is 78.9 Å². The quantitative estimate of drug-likeness (QED) is 0.0262. The molecule has 0 aliphatic heterocycles. The van der Waals surface area contributed by atoms with E-state index in [9.17, 15) is 14.4 Å². The number of rotatable bonds is 50. The minimum Gasteiger partial charge on any atom is -0.462 e. The van der Waals surface area contributed by atoms with E-state index in [0.717, 1.165) is 64.2 Å². The molecule has 0 amide bonds. The van der Waals surface area contributed by atoms with Gasteiger partial charge in [-0.3, -0.25) is 14.4 Å². The van der Waals surface area contributed by atoms with E-state index in [4.69, 9.17) is 14.2 Å². The normalized spacial score (nSPS) is 12.1. The van der Waals surface area contributed by atoms with Crippen LogP contribution in [0.25, 0.3) is 0 Å². The zero-order chi connectivity index (χ0) is 45.1. The molecule has 0 aromatic rings. The lowest BCUT2D eigenvalue weighted by atomic mass is 10.0. The molecule has 6 nitrogen and oxygen atoms in total. The van der Waals surface area contributed by atoms with E-state index in [-0.39, 0.29) is 31.1 Å². The minimum absolute atomic E-state index is 0.0712. The average molecular weight is 873 g/mol. The van der Waals surface area contributed by atoms with Gasteiger partial charge in [0.2, 0.25) is 0 Å². The van der Waals surface area contributed by atoms with Gasteiger partial charge in [0.15, 0.2) is 6.10 Å². The molecule has 0 spiro atoms. The summed E-state index contributed by atoms with van der Waals surface area (Å²) in [7, 11) is 0. The molecule has 0 unspecified atom stereocenters. The van der Waals surface area contributed by atoms with Crippen LogP contribution in [0.3, 0.4) is 0 Å². The van der Waals surface area contributed by atoms with Gasteiger partial charge in [0.1, 0.15) is 13.2 Å². The summed E-state index contributed by atoms with van der Waals surface area (Å²) in [6.07, 6.45) is 58.8. The molecule has 0 heterocycles. The first-order chi connectivity index (χ1) is 30.5. The van der Waals surface area contributed by atoms with E-state index < -0.39 is 6.10 Å². The summed E-state index contributed by atoms with van der Waals surface area (Å²) in [5.74, 6) is -0.868. The Labute approximate surface area is 385 Å². The molecule has 62 heavy (non-hydrogen) atoms. The van der Waals surface area contributed by atoms with E-state index in [1.54, 1.807) is 0 Å². The van der Waals surface area contributed by atoms with Crippen LogP contribution in [0.2, 0.25) is 0 Å².